The third-order valence-corrected chi connectivity index (χ3v) is 4.24. The summed E-state index contributed by atoms with van der Waals surface area (Å²) in [5.41, 5.74) is 0. The van der Waals surface area contributed by atoms with Gasteiger partial charge in [0.1, 0.15) is 0 Å². The van der Waals surface area contributed by atoms with Gasteiger partial charge in [-0.1, -0.05) is 48.0 Å². The molecule has 2 nitrogen and oxygen atoms in total. The van der Waals surface area contributed by atoms with E-state index in [2.05, 4.69) is 15.9 Å². The smallest absolute Gasteiger partial charge is 0.0959 e. The Balaban J connectivity index is 1.75. The molecule has 15 heavy (non-hydrogen) atoms. The zero-order valence-corrected chi connectivity index (χ0v) is 10.9. The Hall–Kier alpha value is 0.400. The Kier molecular flexibility index (Phi) is 4.92. The largest absolute Gasteiger partial charge is 0.377 e. The Morgan fingerprint density at radius 1 is 0.933 bits per heavy atom. The van der Waals surface area contributed by atoms with Gasteiger partial charge < -0.3 is 9.47 Å². The summed E-state index contributed by atoms with van der Waals surface area (Å²) in [6.45, 7) is 1.57. The predicted molar refractivity (Wildman–Crippen MR) is 64.5 cm³/mol. The maximum absolute atomic E-state index is 6.13. The first-order chi connectivity index (χ1) is 7.36. The van der Waals surface area contributed by atoms with Gasteiger partial charge in [-0.05, 0) is 12.8 Å². The van der Waals surface area contributed by atoms with Crippen molar-refractivity contribution in [1.29, 1.82) is 0 Å². The van der Waals surface area contributed by atoms with Crippen LogP contribution < -0.4 is 0 Å². The molecule has 0 aromatic carbocycles. The van der Waals surface area contributed by atoms with Gasteiger partial charge in [0.05, 0.1) is 30.2 Å². The molecular weight excluding hydrogens is 256 g/mol. The lowest BCUT2D eigenvalue weighted by Crippen LogP contribution is -2.29. The van der Waals surface area contributed by atoms with Crippen molar-refractivity contribution in [3.05, 3.63) is 0 Å². The SMILES string of the molecule is BrC1COCC1OC1CCCCCCC1. The first kappa shape index (κ1) is 11.9. The molecular formula is C12H21BrO2. The Labute approximate surface area is 101 Å². The van der Waals surface area contributed by atoms with Crippen molar-refractivity contribution in [1.82, 2.24) is 0 Å². The predicted octanol–water partition coefficient (Wildman–Crippen LogP) is 3.28. The zero-order chi connectivity index (χ0) is 10.5. The third-order valence-electron chi connectivity index (χ3n) is 3.38. The van der Waals surface area contributed by atoms with Crippen LogP contribution in [0.5, 0.6) is 0 Å². The van der Waals surface area contributed by atoms with Crippen molar-refractivity contribution in [2.75, 3.05) is 13.2 Å². The molecule has 0 N–H and O–H groups in total. The van der Waals surface area contributed by atoms with Crippen LogP contribution >= 0.6 is 15.9 Å². The van der Waals surface area contributed by atoms with Gasteiger partial charge in [0.25, 0.3) is 0 Å². The number of ether oxygens (including phenoxy) is 2. The van der Waals surface area contributed by atoms with Crippen LogP contribution in [0, 0.1) is 0 Å². The van der Waals surface area contributed by atoms with E-state index in [0.29, 0.717) is 10.9 Å². The molecule has 2 unspecified atom stereocenters. The van der Waals surface area contributed by atoms with E-state index in [-0.39, 0.29) is 6.10 Å². The fourth-order valence-electron chi connectivity index (χ4n) is 2.44. The Morgan fingerprint density at radius 3 is 2.20 bits per heavy atom. The van der Waals surface area contributed by atoms with Crippen LogP contribution in [0.15, 0.2) is 0 Å². The minimum Gasteiger partial charge on any atom is -0.377 e. The summed E-state index contributed by atoms with van der Waals surface area (Å²) < 4.78 is 11.5. The Bertz CT molecular complexity index is 178. The van der Waals surface area contributed by atoms with Crippen LogP contribution in [0.2, 0.25) is 0 Å². The first-order valence-corrected chi connectivity index (χ1v) is 7.15. The monoisotopic (exact) mass is 276 g/mol. The number of hydrogen-bond donors (Lipinski definition) is 0. The molecule has 0 bridgehead atoms. The van der Waals surface area contributed by atoms with Crippen LogP contribution in [0.4, 0.5) is 0 Å². The van der Waals surface area contributed by atoms with E-state index in [1.165, 1.54) is 44.9 Å². The molecule has 2 rings (SSSR count). The van der Waals surface area contributed by atoms with E-state index in [1.807, 2.05) is 0 Å². The molecule has 2 aliphatic rings. The fraction of sp³-hybridized carbons (Fsp3) is 1.00. The highest BCUT2D eigenvalue weighted by Gasteiger charge is 2.29. The van der Waals surface area contributed by atoms with Crippen molar-refractivity contribution < 1.29 is 9.47 Å². The standard InChI is InChI=1S/C12H21BrO2/c13-11-8-14-9-12(11)15-10-6-4-2-1-3-5-7-10/h10-12H,1-9H2. The second kappa shape index (κ2) is 6.21. The first-order valence-electron chi connectivity index (χ1n) is 6.23. The van der Waals surface area contributed by atoms with Crippen LogP contribution in [-0.2, 0) is 9.47 Å². The summed E-state index contributed by atoms with van der Waals surface area (Å²) in [6.07, 6.45) is 10.1. The molecule has 3 heteroatoms. The second-order valence-corrected chi connectivity index (χ2v) is 5.87. The van der Waals surface area contributed by atoms with Gasteiger partial charge in [-0.3, -0.25) is 0 Å². The molecule has 0 aromatic heterocycles. The molecule has 0 aromatic rings. The molecule has 0 spiro atoms. The molecule has 1 aliphatic heterocycles. The summed E-state index contributed by atoms with van der Waals surface area (Å²) in [6, 6.07) is 0. The van der Waals surface area contributed by atoms with Gasteiger partial charge in [-0.2, -0.15) is 0 Å². The van der Waals surface area contributed by atoms with Crippen LogP contribution in [0.1, 0.15) is 44.9 Å². The molecule has 1 heterocycles. The van der Waals surface area contributed by atoms with Crippen LogP contribution in [0.3, 0.4) is 0 Å². The molecule has 1 saturated heterocycles. The van der Waals surface area contributed by atoms with Crippen molar-refractivity contribution in [3.8, 4) is 0 Å². The topological polar surface area (TPSA) is 18.5 Å². The summed E-state index contributed by atoms with van der Waals surface area (Å²) >= 11 is 3.62. The van der Waals surface area contributed by atoms with Gasteiger partial charge in [0.2, 0.25) is 0 Å². The van der Waals surface area contributed by atoms with Crippen LogP contribution in [0.25, 0.3) is 0 Å². The van der Waals surface area contributed by atoms with Gasteiger partial charge in [-0.15, -0.1) is 0 Å². The highest BCUT2D eigenvalue weighted by atomic mass is 79.9. The van der Waals surface area contributed by atoms with E-state index in [4.69, 9.17) is 9.47 Å². The number of alkyl halides is 1. The highest BCUT2D eigenvalue weighted by Crippen LogP contribution is 2.25. The lowest BCUT2D eigenvalue weighted by atomic mass is 9.98. The molecule has 88 valence electrons. The molecule has 0 amide bonds. The lowest BCUT2D eigenvalue weighted by molar-refractivity contribution is -0.0249. The molecule has 2 atom stereocenters. The molecule has 1 aliphatic carbocycles. The van der Waals surface area contributed by atoms with Crippen molar-refractivity contribution in [2.24, 2.45) is 0 Å². The van der Waals surface area contributed by atoms with Crippen molar-refractivity contribution in [2.45, 2.75) is 62.0 Å². The van der Waals surface area contributed by atoms with E-state index in [0.717, 1.165) is 13.2 Å². The van der Waals surface area contributed by atoms with Gasteiger partial charge in [-0.25, -0.2) is 0 Å². The lowest BCUT2D eigenvalue weighted by Gasteiger charge is -2.24. The summed E-state index contributed by atoms with van der Waals surface area (Å²) in [5.74, 6) is 0. The summed E-state index contributed by atoms with van der Waals surface area (Å²) in [7, 11) is 0. The average Bonchev–Trinajstić information content (AvgIpc) is 2.56. The maximum Gasteiger partial charge on any atom is 0.0959 e. The van der Waals surface area contributed by atoms with Gasteiger partial charge >= 0.3 is 0 Å². The number of hydrogen-bond acceptors (Lipinski definition) is 2. The normalized spacial score (nSPS) is 35.0. The zero-order valence-electron chi connectivity index (χ0n) is 9.29. The average molecular weight is 277 g/mol. The number of rotatable bonds is 2. The minimum absolute atomic E-state index is 0.287. The van der Waals surface area contributed by atoms with Gasteiger partial charge in [0.15, 0.2) is 0 Å². The Morgan fingerprint density at radius 2 is 1.60 bits per heavy atom. The van der Waals surface area contributed by atoms with Gasteiger partial charge in [0, 0.05) is 0 Å². The molecule has 2 fully saturated rings. The summed E-state index contributed by atoms with van der Waals surface area (Å²) in [4.78, 5) is 0.406. The van der Waals surface area contributed by atoms with E-state index < -0.39 is 0 Å². The van der Waals surface area contributed by atoms with E-state index in [1.54, 1.807) is 0 Å². The number of halogens is 1. The quantitative estimate of drug-likeness (QED) is 0.721. The van der Waals surface area contributed by atoms with Crippen molar-refractivity contribution >= 4 is 15.9 Å². The molecule has 0 radical (unpaired) electrons. The maximum atomic E-state index is 6.13. The molecule has 1 saturated carbocycles. The van der Waals surface area contributed by atoms with E-state index >= 15 is 0 Å². The van der Waals surface area contributed by atoms with E-state index in [9.17, 15) is 0 Å². The van der Waals surface area contributed by atoms with Crippen molar-refractivity contribution in [3.63, 3.8) is 0 Å². The summed E-state index contributed by atoms with van der Waals surface area (Å²) in [5, 5.41) is 0. The minimum atomic E-state index is 0.287. The third kappa shape index (κ3) is 3.72. The highest BCUT2D eigenvalue weighted by molar-refractivity contribution is 9.09. The van der Waals surface area contributed by atoms with Crippen LogP contribution in [-0.4, -0.2) is 30.2 Å². The second-order valence-electron chi connectivity index (χ2n) is 4.70. The fourth-order valence-corrected chi connectivity index (χ4v) is 2.90.